The van der Waals surface area contributed by atoms with Crippen molar-refractivity contribution in [2.24, 2.45) is 17.3 Å². The summed E-state index contributed by atoms with van der Waals surface area (Å²) in [5.41, 5.74) is 1.66. The van der Waals surface area contributed by atoms with Gasteiger partial charge in [0.2, 0.25) is 0 Å². The topological polar surface area (TPSA) is 26.3 Å². The highest BCUT2D eigenvalue weighted by atomic mass is 16.6. The lowest BCUT2D eigenvalue weighted by Gasteiger charge is -2.45. The molecule has 92 valence electrons. The van der Waals surface area contributed by atoms with E-state index in [9.17, 15) is 4.79 Å². The van der Waals surface area contributed by atoms with Crippen LogP contribution in [0.2, 0.25) is 0 Å². The van der Waals surface area contributed by atoms with Gasteiger partial charge in [0.15, 0.2) is 0 Å². The molecule has 2 heteroatoms. The second-order valence-corrected chi connectivity index (χ2v) is 5.57. The third-order valence-electron chi connectivity index (χ3n) is 4.38. The normalized spacial score (nSPS) is 40.7. The van der Waals surface area contributed by atoms with Crippen molar-refractivity contribution in [1.82, 2.24) is 0 Å². The Morgan fingerprint density at radius 2 is 2.24 bits per heavy atom. The molecule has 2 aliphatic rings. The Hall–Kier alpha value is -1.31. The van der Waals surface area contributed by atoms with Crippen LogP contribution in [0, 0.1) is 17.3 Å². The van der Waals surface area contributed by atoms with Gasteiger partial charge >= 0.3 is 5.97 Å². The van der Waals surface area contributed by atoms with E-state index in [1.165, 1.54) is 0 Å². The van der Waals surface area contributed by atoms with Gasteiger partial charge < -0.3 is 4.74 Å². The lowest BCUT2D eigenvalue weighted by molar-refractivity contribution is -0.143. The fourth-order valence-corrected chi connectivity index (χ4v) is 3.34. The molecule has 17 heavy (non-hydrogen) atoms. The SMILES string of the molecule is C=C[C@]1(C)CC[C@@H]2C(=C)C(=O)O[C@@H]2[C@@H]1C(=C)C. The third kappa shape index (κ3) is 1.67. The summed E-state index contributed by atoms with van der Waals surface area (Å²) >= 11 is 0. The maximum absolute atomic E-state index is 11.6. The molecule has 0 spiro atoms. The van der Waals surface area contributed by atoms with Gasteiger partial charge in [-0.3, -0.25) is 0 Å². The number of ether oxygens (including phenoxy) is 1. The van der Waals surface area contributed by atoms with Crippen LogP contribution in [0.4, 0.5) is 0 Å². The zero-order valence-electron chi connectivity index (χ0n) is 10.7. The molecule has 0 aromatic heterocycles. The van der Waals surface area contributed by atoms with Gasteiger partial charge in [-0.25, -0.2) is 4.79 Å². The average Bonchev–Trinajstić information content (AvgIpc) is 2.54. The summed E-state index contributed by atoms with van der Waals surface area (Å²) < 4.78 is 5.50. The van der Waals surface area contributed by atoms with Crippen LogP contribution in [0.5, 0.6) is 0 Å². The minimum absolute atomic E-state index is 0.0299. The van der Waals surface area contributed by atoms with Crippen molar-refractivity contribution in [1.29, 1.82) is 0 Å². The van der Waals surface area contributed by atoms with Crippen molar-refractivity contribution in [2.75, 3.05) is 0 Å². The monoisotopic (exact) mass is 232 g/mol. The minimum Gasteiger partial charge on any atom is -0.458 e. The highest BCUT2D eigenvalue weighted by molar-refractivity contribution is 5.91. The fourth-order valence-electron chi connectivity index (χ4n) is 3.34. The summed E-state index contributed by atoms with van der Waals surface area (Å²) in [7, 11) is 0. The van der Waals surface area contributed by atoms with Gasteiger partial charge in [-0.05, 0) is 25.2 Å². The standard InChI is InChI=1S/C15H20O2/c1-6-15(5)8-7-11-10(4)14(16)17-13(11)12(15)9(2)3/h6,11-13H,1-2,4,7-8H2,3,5H3/t11-,12+,13+,15-/m1/s1. The van der Waals surface area contributed by atoms with E-state index in [0.717, 1.165) is 18.4 Å². The molecule has 1 aliphatic carbocycles. The van der Waals surface area contributed by atoms with Crippen molar-refractivity contribution in [3.8, 4) is 0 Å². The quantitative estimate of drug-likeness (QED) is 0.415. The summed E-state index contributed by atoms with van der Waals surface area (Å²) in [6.45, 7) is 16.0. The van der Waals surface area contributed by atoms with E-state index in [0.29, 0.717) is 5.57 Å². The molecule has 0 aromatic rings. The maximum Gasteiger partial charge on any atom is 0.334 e. The molecule has 4 atom stereocenters. The van der Waals surface area contributed by atoms with Crippen LogP contribution < -0.4 is 0 Å². The molecule has 2 rings (SSSR count). The minimum atomic E-state index is -0.237. The van der Waals surface area contributed by atoms with Gasteiger partial charge in [-0.2, -0.15) is 0 Å². The number of carbonyl (C=O) groups excluding carboxylic acids is 1. The molecule has 0 unspecified atom stereocenters. The smallest absolute Gasteiger partial charge is 0.334 e. The Balaban J connectivity index is 2.40. The zero-order valence-corrected chi connectivity index (χ0v) is 10.7. The van der Waals surface area contributed by atoms with Gasteiger partial charge in [0.05, 0.1) is 0 Å². The Labute approximate surface area is 103 Å². The number of rotatable bonds is 2. The fraction of sp³-hybridized carbons (Fsp3) is 0.533. The molecule has 0 amide bonds. The molecule has 2 fully saturated rings. The lowest BCUT2D eigenvalue weighted by Crippen LogP contribution is -2.43. The molecule has 1 saturated heterocycles. The highest BCUT2D eigenvalue weighted by Gasteiger charge is 2.52. The summed E-state index contributed by atoms with van der Waals surface area (Å²) in [5.74, 6) is 0.0822. The van der Waals surface area contributed by atoms with Crippen LogP contribution in [0.1, 0.15) is 26.7 Å². The maximum atomic E-state index is 11.6. The molecule has 0 aromatic carbocycles. The van der Waals surface area contributed by atoms with Crippen molar-refractivity contribution in [3.63, 3.8) is 0 Å². The van der Waals surface area contributed by atoms with Gasteiger partial charge in [-0.1, -0.05) is 31.7 Å². The number of hydrogen-bond donors (Lipinski definition) is 0. The van der Waals surface area contributed by atoms with Crippen LogP contribution in [-0.4, -0.2) is 12.1 Å². The first-order valence-corrected chi connectivity index (χ1v) is 6.09. The highest BCUT2D eigenvalue weighted by Crippen LogP contribution is 2.52. The van der Waals surface area contributed by atoms with Crippen LogP contribution in [0.3, 0.4) is 0 Å². The second-order valence-electron chi connectivity index (χ2n) is 5.57. The summed E-state index contributed by atoms with van der Waals surface area (Å²) in [6, 6.07) is 0. The second kappa shape index (κ2) is 3.86. The van der Waals surface area contributed by atoms with Crippen molar-refractivity contribution >= 4 is 5.97 Å². The van der Waals surface area contributed by atoms with E-state index < -0.39 is 0 Å². The third-order valence-corrected chi connectivity index (χ3v) is 4.38. The van der Waals surface area contributed by atoms with Crippen molar-refractivity contribution < 1.29 is 9.53 Å². The molecule has 0 bridgehead atoms. The Kier molecular flexibility index (Phi) is 2.76. The van der Waals surface area contributed by atoms with Gasteiger partial charge in [-0.15, -0.1) is 6.58 Å². The molecule has 0 radical (unpaired) electrons. The molecular formula is C15H20O2. The van der Waals surface area contributed by atoms with Gasteiger partial charge in [0, 0.05) is 17.4 Å². The number of esters is 1. The van der Waals surface area contributed by atoms with Crippen LogP contribution in [0.15, 0.2) is 37.0 Å². The predicted octanol–water partition coefficient (Wildman–Crippen LogP) is 3.26. The first-order valence-electron chi connectivity index (χ1n) is 6.09. The van der Waals surface area contributed by atoms with E-state index in [1.807, 2.05) is 13.0 Å². The number of fused-ring (bicyclic) bond motifs is 1. The van der Waals surface area contributed by atoms with Crippen molar-refractivity contribution in [2.45, 2.75) is 32.8 Å². The van der Waals surface area contributed by atoms with E-state index in [1.54, 1.807) is 0 Å². The number of allylic oxidation sites excluding steroid dienone is 1. The summed E-state index contributed by atoms with van der Waals surface area (Å²) in [5, 5.41) is 0. The Bertz CT molecular complexity index is 407. The van der Waals surface area contributed by atoms with E-state index in [4.69, 9.17) is 4.74 Å². The number of hydrogen-bond acceptors (Lipinski definition) is 2. The molecule has 2 nitrogen and oxygen atoms in total. The first kappa shape index (κ1) is 12.2. The molecule has 1 heterocycles. The molecule has 1 aliphatic heterocycles. The molecule has 1 saturated carbocycles. The van der Waals surface area contributed by atoms with Crippen molar-refractivity contribution in [3.05, 3.63) is 37.0 Å². The molecule has 0 N–H and O–H groups in total. The van der Waals surface area contributed by atoms with Gasteiger partial charge in [0.1, 0.15) is 6.10 Å². The van der Waals surface area contributed by atoms with E-state index >= 15 is 0 Å². The number of carbonyl (C=O) groups is 1. The Morgan fingerprint density at radius 1 is 1.59 bits per heavy atom. The van der Waals surface area contributed by atoms with Gasteiger partial charge in [0.25, 0.3) is 0 Å². The van der Waals surface area contributed by atoms with E-state index in [2.05, 4.69) is 26.7 Å². The first-order chi connectivity index (χ1) is 7.90. The van der Waals surface area contributed by atoms with Crippen LogP contribution >= 0.6 is 0 Å². The summed E-state index contributed by atoms with van der Waals surface area (Å²) in [6.07, 6.45) is 3.84. The lowest BCUT2D eigenvalue weighted by atomic mass is 9.60. The largest absolute Gasteiger partial charge is 0.458 e. The van der Waals surface area contributed by atoms with Crippen LogP contribution in [0.25, 0.3) is 0 Å². The Morgan fingerprint density at radius 3 is 2.76 bits per heavy atom. The zero-order chi connectivity index (χ0) is 12.8. The summed E-state index contributed by atoms with van der Waals surface area (Å²) in [4.78, 5) is 11.6. The average molecular weight is 232 g/mol. The van der Waals surface area contributed by atoms with Crippen LogP contribution in [-0.2, 0) is 9.53 Å². The van der Waals surface area contributed by atoms with E-state index in [-0.39, 0.29) is 29.3 Å². The predicted molar refractivity (Wildman–Crippen MR) is 68.4 cm³/mol. The molecular weight excluding hydrogens is 212 g/mol.